The van der Waals surface area contributed by atoms with E-state index < -0.39 is 0 Å². The fourth-order valence-corrected chi connectivity index (χ4v) is 8.14. The van der Waals surface area contributed by atoms with Crippen LogP contribution in [0.15, 0.2) is 182 Å². The molecule has 0 heterocycles. The molecule has 1 unspecified atom stereocenters. The van der Waals surface area contributed by atoms with Crippen molar-refractivity contribution < 1.29 is 0 Å². The maximum Gasteiger partial charge on any atom is 0.0468 e. The van der Waals surface area contributed by atoms with Crippen LogP contribution in [-0.4, -0.2) is 0 Å². The van der Waals surface area contributed by atoms with Crippen molar-refractivity contribution in [3.63, 3.8) is 0 Å². The SMILES string of the molecule is CC1(C)c2ccccc2-c2ccc(N(c3ccc(C4=CCC(c5ccccc5)C=C4)c(-c4ccccc4)c3)c3ccc4ccccc4c3)cc21. The predicted octanol–water partition coefficient (Wildman–Crippen LogP) is 13.4. The van der Waals surface area contributed by atoms with Crippen LogP contribution in [0.2, 0.25) is 0 Å². The smallest absolute Gasteiger partial charge is 0.0468 e. The zero-order valence-electron chi connectivity index (χ0n) is 28.6. The normalized spacial score (nSPS) is 15.7. The second kappa shape index (κ2) is 12.2. The summed E-state index contributed by atoms with van der Waals surface area (Å²) in [5, 5.41) is 2.47. The number of hydrogen-bond donors (Lipinski definition) is 0. The van der Waals surface area contributed by atoms with Crippen LogP contribution < -0.4 is 4.90 Å². The number of rotatable bonds is 6. The van der Waals surface area contributed by atoms with E-state index in [1.807, 2.05) is 0 Å². The van der Waals surface area contributed by atoms with Crippen LogP contribution in [0.1, 0.15) is 48.4 Å². The minimum atomic E-state index is -0.0898. The molecular formula is C49H39N. The molecule has 0 fully saturated rings. The van der Waals surface area contributed by atoms with Gasteiger partial charge in [-0.1, -0.05) is 159 Å². The maximum atomic E-state index is 2.44. The Bertz CT molecular complexity index is 2430. The average molecular weight is 642 g/mol. The van der Waals surface area contributed by atoms with E-state index in [9.17, 15) is 0 Å². The summed E-state index contributed by atoms with van der Waals surface area (Å²) in [6, 6.07) is 60.1. The van der Waals surface area contributed by atoms with Gasteiger partial charge >= 0.3 is 0 Å². The number of anilines is 3. The highest BCUT2D eigenvalue weighted by Crippen LogP contribution is 2.51. The van der Waals surface area contributed by atoms with E-state index in [-0.39, 0.29) is 5.41 Å². The molecule has 1 nitrogen and oxygen atoms in total. The molecule has 0 aromatic heterocycles. The summed E-state index contributed by atoms with van der Waals surface area (Å²) in [4.78, 5) is 2.44. The highest BCUT2D eigenvalue weighted by atomic mass is 15.1. The quantitative estimate of drug-likeness (QED) is 0.175. The van der Waals surface area contributed by atoms with Crippen molar-refractivity contribution in [1.82, 2.24) is 0 Å². The Kier molecular flexibility index (Phi) is 7.36. The lowest BCUT2D eigenvalue weighted by Crippen LogP contribution is -2.16. The molecule has 0 radical (unpaired) electrons. The number of hydrogen-bond acceptors (Lipinski definition) is 1. The molecule has 9 rings (SSSR count). The molecular weight excluding hydrogens is 603 g/mol. The number of fused-ring (bicyclic) bond motifs is 4. The Hall–Kier alpha value is -5.92. The number of benzene rings is 7. The molecule has 0 aliphatic heterocycles. The van der Waals surface area contributed by atoms with Gasteiger partial charge in [0.25, 0.3) is 0 Å². The first-order valence-corrected chi connectivity index (χ1v) is 17.7. The van der Waals surface area contributed by atoms with Crippen molar-refractivity contribution in [3.05, 3.63) is 204 Å². The van der Waals surface area contributed by atoms with Crippen molar-refractivity contribution in [1.29, 1.82) is 0 Å². The fraction of sp³-hybridized carbons (Fsp3) is 0.102. The van der Waals surface area contributed by atoms with E-state index in [1.165, 1.54) is 60.9 Å². The minimum absolute atomic E-state index is 0.0898. The first-order chi connectivity index (χ1) is 24.5. The summed E-state index contributed by atoms with van der Waals surface area (Å²) in [5.41, 5.74) is 15.1. The van der Waals surface area contributed by atoms with Crippen LogP contribution in [-0.2, 0) is 5.41 Å². The monoisotopic (exact) mass is 641 g/mol. The van der Waals surface area contributed by atoms with E-state index >= 15 is 0 Å². The van der Waals surface area contributed by atoms with E-state index in [2.05, 4.69) is 201 Å². The standard InChI is InChI=1S/C49H39N/c1-49(2)47-20-12-11-19-44(47)45-30-28-42(33-48(45)49)50(40-26-25-35-15-9-10-18-39(35)31-40)41-27-29-43(46(32-41)37-16-7-4-8-17-37)38-23-21-36(22-24-38)34-13-5-3-6-14-34/h3-21,23-33,36H,22H2,1-2H3. The Balaban J connectivity index is 1.20. The molecule has 1 heteroatoms. The van der Waals surface area contributed by atoms with Crippen LogP contribution in [0.3, 0.4) is 0 Å². The highest BCUT2D eigenvalue weighted by molar-refractivity contribution is 5.93. The molecule has 240 valence electrons. The summed E-state index contributed by atoms with van der Waals surface area (Å²) in [7, 11) is 0. The molecule has 1 atom stereocenters. The van der Waals surface area contributed by atoms with Gasteiger partial charge in [-0.25, -0.2) is 0 Å². The van der Waals surface area contributed by atoms with E-state index in [1.54, 1.807) is 0 Å². The first-order valence-electron chi connectivity index (χ1n) is 17.7. The van der Waals surface area contributed by atoms with Crippen LogP contribution >= 0.6 is 0 Å². The summed E-state index contributed by atoms with van der Waals surface area (Å²) < 4.78 is 0. The first kappa shape index (κ1) is 30.2. The van der Waals surface area contributed by atoms with Crippen LogP contribution in [0, 0.1) is 0 Å². The molecule has 2 aliphatic rings. The summed E-state index contributed by atoms with van der Waals surface area (Å²) in [6.07, 6.45) is 8.10. The second-order valence-electron chi connectivity index (χ2n) is 14.1. The largest absolute Gasteiger partial charge is 0.310 e. The van der Waals surface area contributed by atoms with Gasteiger partial charge in [-0.05, 0) is 104 Å². The lowest BCUT2D eigenvalue weighted by molar-refractivity contribution is 0.660. The van der Waals surface area contributed by atoms with Gasteiger partial charge in [-0.15, -0.1) is 0 Å². The zero-order chi connectivity index (χ0) is 33.7. The zero-order valence-corrected chi connectivity index (χ0v) is 28.6. The van der Waals surface area contributed by atoms with Gasteiger partial charge in [0.1, 0.15) is 0 Å². The molecule has 0 bridgehead atoms. The number of nitrogens with zero attached hydrogens (tertiary/aromatic N) is 1. The highest BCUT2D eigenvalue weighted by Gasteiger charge is 2.35. The maximum absolute atomic E-state index is 2.44. The summed E-state index contributed by atoms with van der Waals surface area (Å²) in [6.45, 7) is 4.72. The Morgan fingerprint density at radius 1 is 0.500 bits per heavy atom. The fourth-order valence-electron chi connectivity index (χ4n) is 8.14. The van der Waals surface area contributed by atoms with Crippen molar-refractivity contribution >= 4 is 33.4 Å². The summed E-state index contributed by atoms with van der Waals surface area (Å²) in [5.74, 6) is 0.401. The molecule has 0 amide bonds. The van der Waals surface area contributed by atoms with Crippen LogP contribution in [0.25, 0.3) is 38.6 Å². The van der Waals surface area contributed by atoms with Crippen molar-refractivity contribution in [2.45, 2.75) is 31.6 Å². The van der Waals surface area contributed by atoms with Gasteiger partial charge in [-0.2, -0.15) is 0 Å². The summed E-state index contributed by atoms with van der Waals surface area (Å²) >= 11 is 0. The third kappa shape index (κ3) is 5.18. The van der Waals surface area contributed by atoms with E-state index in [0.717, 1.165) is 23.5 Å². The topological polar surface area (TPSA) is 3.24 Å². The predicted molar refractivity (Wildman–Crippen MR) is 213 cm³/mol. The third-order valence-corrected chi connectivity index (χ3v) is 10.8. The van der Waals surface area contributed by atoms with Gasteiger partial charge < -0.3 is 4.90 Å². The molecule has 2 aliphatic carbocycles. The van der Waals surface area contributed by atoms with E-state index in [4.69, 9.17) is 0 Å². The minimum Gasteiger partial charge on any atom is -0.310 e. The average Bonchev–Trinajstić information content (AvgIpc) is 3.41. The Labute approximate surface area is 295 Å². The van der Waals surface area contributed by atoms with Gasteiger partial charge in [0.2, 0.25) is 0 Å². The molecule has 7 aromatic carbocycles. The Morgan fingerprint density at radius 3 is 1.90 bits per heavy atom. The Morgan fingerprint density at radius 2 is 1.12 bits per heavy atom. The molecule has 50 heavy (non-hydrogen) atoms. The molecule has 0 spiro atoms. The van der Waals surface area contributed by atoms with Crippen LogP contribution in [0.5, 0.6) is 0 Å². The van der Waals surface area contributed by atoms with Crippen molar-refractivity contribution in [3.8, 4) is 22.3 Å². The van der Waals surface area contributed by atoms with E-state index in [0.29, 0.717) is 5.92 Å². The molecule has 0 saturated heterocycles. The van der Waals surface area contributed by atoms with Crippen LogP contribution in [0.4, 0.5) is 17.1 Å². The van der Waals surface area contributed by atoms with Crippen molar-refractivity contribution in [2.24, 2.45) is 0 Å². The molecule has 7 aromatic rings. The lowest BCUT2D eigenvalue weighted by Gasteiger charge is -2.29. The van der Waals surface area contributed by atoms with Gasteiger partial charge in [-0.3, -0.25) is 0 Å². The second-order valence-corrected chi connectivity index (χ2v) is 14.1. The van der Waals surface area contributed by atoms with Gasteiger partial charge in [0.05, 0.1) is 0 Å². The lowest BCUT2D eigenvalue weighted by atomic mass is 9.82. The van der Waals surface area contributed by atoms with Gasteiger partial charge in [0.15, 0.2) is 0 Å². The third-order valence-electron chi connectivity index (χ3n) is 10.8. The van der Waals surface area contributed by atoms with Crippen molar-refractivity contribution in [2.75, 3.05) is 4.90 Å². The number of allylic oxidation sites excluding steroid dienone is 4. The molecule has 0 saturated carbocycles. The molecule has 0 N–H and O–H groups in total. The van der Waals surface area contributed by atoms with Gasteiger partial charge in [0, 0.05) is 28.4 Å².